The van der Waals surface area contributed by atoms with E-state index in [4.69, 9.17) is 5.11 Å². The van der Waals surface area contributed by atoms with Gasteiger partial charge in [0.15, 0.2) is 17.2 Å². The van der Waals surface area contributed by atoms with Gasteiger partial charge >= 0.3 is 5.97 Å². The monoisotopic (exact) mass is 468 g/mol. The summed E-state index contributed by atoms with van der Waals surface area (Å²) in [5.74, 6) is -2.96. The highest BCUT2D eigenvalue weighted by molar-refractivity contribution is 6.27. The number of aliphatic hydroxyl groups is 1. The summed E-state index contributed by atoms with van der Waals surface area (Å²) in [5.41, 5.74) is -0.648. The summed E-state index contributed by atoms with van der Waals surface area (Å²) in [4.78, 5) is 37.5. The van der Waals surface area contributed by atoms with E-state index in [-0.39, 0.29) is 35.2 Å². The van der Waals surface area contributed by atoms with Crippen LogP contribution in [-0.2, 0) is 26.5 Å². The Morgan fingerprint density at radius 2 is 1.82 bits per heavy atom. The molecule has 4 atom stereocenters. The number of hydrogen-bond donors (Lipinski definition) is 2. The van der Waals surface area contributed by atoms with Crippen molar-refractivity contribution < 1.29 is 29.0 Å². The summed E-state index contributed by atoms with van der Waals surface area (Å²) in [6.45, 7) is 8.53. The van der Waals surface area contributed by atoms with Gasteiger partial charge in [-0.2, -0.15) is 0 Å². The van der Waals surface area contributed by atoms with Crippen molar-refractivity contribution in [1.82, 2.24) is 0 Å². The summed E-state index contributed by atoms with van der Waals surface area (Å²) >= 11 is 0. The van der Waals surface area contributed by atoms with E-state index in [9.17, 15) is 23.9 Å². The SMILES string of the molecule is C=CC(C)(F)c1ccc(CC2C3CCCCCC/C(O)=C(/C(=O)C(=C)CC(=O)O)C(=O)C32)cc1. The maximum absolute atomic E-state index is 14.5. The summed E-state index contributed by atoms with van der Waals surface area (Å²) in [5, 5.41) is 19.7. The molecule has 34 heavy (non-hydrogen) atoms. The van der Waals surface area contributed by atoms with Gasteiger partial charge in [0.05, 0.1) is 6.42 Å². The van der Waals surface area contributed by atoms with Crippen molar-refractivity contribution in [3.05, 3.63) is 71.5 Å². The molecule has 2 aliphatic rings. The molecule has 3 rings (SSSR count). The predicted molar refractivity (Wildman–Crippen MR) is 128 cm³/mol. The number of fused-ring (bicyclic) bond motifs is 1. The van der Waals surface area contributed by atoms with Crippen molar-refractivity contribution in [1.29, 1.82) is 0 Å². The summed E-state index contributed by atoms with van der Waals surface area (Å²) in [6.07, 6.45) is 5.85. The van der Waals surface area contributed by atoms with Gasteiger partial charge in [0.1, 0.15) is 11.3 Å². The summed E-state index contributed by atoms with van der Waals surface area (Å²) < 4.78 is 14.5. The Kier molecular flexibility index (Phi) is 7.90. The van der Waals surface area contributed by atoms with Gasteiger partial charge in [-0.05, 0) is 49.1 Å². The van der Waals surface area contributed by atoms with Crippen molar-refractivity contribution in [3.8, 4) is 0 Å². The maximum atomic E-state index is 14.5. The fourth-order valence-corrected chi connectivity index (χ4v) is 5.01. The molecule has 0 amide bonds. The molecular weight excluding hydrogens is 435 g/mol. The highest BCUT2D eigenvalue weighted by Gasteiger charge is 2.55. The average molecular weight is 469 g/mol. The number of ketones is 2. The molecule has 0 saturated heterocycles. The van der Waals surface area contributed by atoms with Gasteiger partial charge < -0.3 is 10.2 Å². The van der Waals surface area contributed by atoms with Crippen LogP contribution in [0.3, 0.4) is 0 Å². The highest BCUT2D eigenvalue weighted by Crippen LogP contribution is 2.53. The van der Waals surface area contributed by atoms with Crippen LogP contribution in [0.2, 0.25) is 0 Å². The number of hydrogen-bond acceptors (Lipinski definition) is 4. The molecule has 1 aromatic carbocycles. The van der Waals surface area contributed by atoms with Crippen LogP contribution >= 0.6 is 0 Å². The van der Waals surface area contributed by atoms with E-state index in [1.807, 2.05) is 12.1 Å². The Morgan fingerprint density at radius 1 is 1.18 bits per heavy atom. The van der Waals surface area contributed by atoms with Crippen molar-refractivity contribution in [2.75, 3.05) is 0 Å². The fraction of sp³-hybridized carbons (Fsp3) is 0.464. The van der Waals surface area contributed by atoms with Crippen LogP contribution < -0.4 is 0 Å². The first kappa shape index (κ1) is 25.6. The van der Waals surface area contributed by atoms with Crippen molar-refractivity contribution >= 4 is 17.5 Å². The number of halogens is 1. The normalized spacial score (nSPS) is 27.0. The first-order valence-electron chi connectivity index (χ1n) is 11.9. The zero-order valence-electron chi connectivity index (χ0n) is 19.7. The molecule has 2 aliphatic carbocycles. The predicted octanol–water partition coefficient (Wildman–Crippen LogP) is 5.80. The number of aliphatic carboxylic acids is 1. The third-order valence-corrected chi connectivity index (χ3v) is 7.16. The Balaban J connectivity index is 1.84. The molecular formula is C28H33FO5. The van der Waals surface area contributed by atoms with Crippen LogP contribution in [0, 0.1) is 17.8 Å². The van der Waals surface area contributed by atoms with Crippen LogP contribution in [0.1, 0.15) is 63.0 Å². The topological polar surface area (TPSA) is 91.7 Å². The van der Waals surface area contributed by atoms with Crippen LogP contribution in [0.25, 0.3) is 0 Å². The van der Waals surface area contributed by atoms with E-state index >= 15 is 0 Å². The van der Waals surface area contributed by atoms with Gasteiger partial charge in [-0.15, -0.1) is 0 Å². The van der Waals surface area contributed by atoms with E-state index in [1.54, 1.807) is 12.1 Å². The summed E-state index contributed by atoms with van der Waals surface area (Å²) in [6, 6.07) is 7.15. The van der Waals surface area contributed by atoms with Crippen LogP contribution in [0.15, 0.2) is 60.4 Å². The van der Waals surface area contributed by atoms with Crippen LogP contribution in [-0.4, -0.2) is 27.7 Å². The first-order valence-corrected chi connectivity index (χ1v) is 11.9. The Hall–Kier alpha value is -3.02. The molecule has 6 heteroatoms. The molecule has 182 valence electrons. The van der Waals surface area contributed by atoms with E-state index in [0.717, 1.165) is 31.2 Å². The molecule has 0 heterocycles. The van der Waals surface area contributed by atoms with Crippen LogP contribution in [0.5, 0.6) is 0 Å². The molecule has 0 bridgehead atoms. The lowest BCUT2D eigenvalue weighted by atomic mass is 9.92. The van der Waals surface area contributed by atoms with Gasteiger partial charge in [-0.1, -0.05) is 62.8 Å². The smallest absolute Gasteiger partial charge is 0.307 e. The molecule has 0 radical (unpaired) electrons. The van der Waals surface area contributed by atoms with Crippen LogP contribution in [0.4, 0.5) is 4.39 Å². The van der Waals surface area contributed by atoms with Gasteiger partial charge in [-0.3, -0.25) is 14.4 Å². The standard InChI is InChI=1S/C28H33FO5/c1-4-28(3,29)19-13-11-18(12-14-19)16-21-20-9-7-5-6-8-10-22(30)25(27(34)24(20)21)26(33)17(2)15-23(31)32/h4,11-14,20-21,24,30H,1-2,5-10,15-16H2,3H3,(H,31,32)/b25-22+. The minimum atomic E-state index is -1.62. The highest BCUT2D eigenvalue weighted by atomic mass is 19.1. The third-order valence-electron chi connectivity index (χ3n) is 7.16. The second kappa shape index (κ2) is 10.5. The van der Waals surface area contributed by atoms with Gasteiger partial charge in [-0.25, -0.2) is 4.39 Å². The average Bonchev–Trinajstić information content (AvgIpc) is 3.47. The first-order chi connectivity index (χ1) is 16.1. The number of carbonyl (C=O) groups excluding carboxylic acids is 2. The van der Waals surface area contributed by atoms with E-state index in [1.165, 1.54) is 13.0 Å². The maximum Gasteiger partial charge on any atom is 0.307 e. The molecule has 0 aliphatic heterocycles. The van der Waals surface area contributed by atoms with Gasteiger partial charge in [0, 0.05) is 17.9 Å². The second-order valence-corrected chi connectivity index (χ2v) is 9.68. The lowest BCUT2D eigenvalue weighted by molar-refractivity contribution is -0.137. The third kappa shape index (κ3) is 5.72. The Bertz CT molecular complexity index is 1020. The van der Waals surface area contributed by atoms with Gasteiger partial charge in [0.2, 0.25) is 0 Å². The van der Waals surface area contributed by atoms with Crippen molar-refractivity contribution in [3.63, 3.8) is 0 Å². The number of allylic oxidation sites excluding steroid dienone is 3. The van der Waals surface area contributed by atoms with Crippen molar-refractivity contribution in [2.24, 2.45) is 17.8 Å². The lowest BCUT2D eigenvalue weighted by Gasteiger charge is -2.16. The van der Waals surface area contributed by atoms with Crippen molar-refractivity contribution in [2.45, 2.75) is 64.0 Å². The molecule has 5 nitrogen and oxygen atoms in total. The number of aliphatic hydroxyl groups excluding tert-OH is 1. The second-order valence-electron chi connectivity index (χ2n) is 9.68. The number of Topliss-reactive ketones (excluding diaryl/α,β-unsaturated/α-hetero) is 2. The number of alkyl halides is 1. The fourth-order valence-electron chi connectivity index (χ4n) is 5.01. The summed E-state index contributed by atoms with van der Waals surface area (Å²) in [7, 11) is 0. The number of benzene rings is 1. The molecule has 2 N–H and O–H groups in total. The van der Waals surface area contributed by atoms with Gasteiger partial charge in [0.25, 0.3) is 0 Å². The zero-order valence-corrected chi connectivity index (χ0v) is 19.7. The number of carboxylic acids is 1. The minimum Gasteiger partial charge on any atom is -0.511 e. The zero-order chi connectivity index (χ0) is 25.0. The molecule has 0 aromatic heterocycles. The number of carbonyl (C=O) groups is 3. The van der Waals surface area contributed by atoms with E-state index < -0.39 is 35.5 Å². The Labute approximate surface area is 200 Å². The van der Waals surface area contributed by atoms with E-state index in [0.29, 0.717) is 18.4 Å². The minimum absolute atomic E-state index is 0.0114. The molecule has 4 unspecified atom stereocenters. The molecule has 1 fully saturated rings. The van der Waals surface area contributed by atoms with E-state index in [2.05, 4.69) is 13.2 Å². The largest absolute Gasteiger partial charge is 0.511 e. The molecule has 1 saturated carbocycles. The Morgan fingerprint density at radius 3 is 2.44 bits per heavy atom. The quantitative estimate of drug-likeness (QED) is 0.286. The number of rotatable bonds is 8. The lowest BCUT2D eigenvalue weighted by Crippen LogP contribution is -2.21. The molecule has 0 spiro atoms. The molecule has 1 aromatic rings. The number of carboxylic acid groups (broad SMARTS) is 1.